The van der Waals surface area contributed by atoms with Gasteiger partial charge in [0.25, 0.3) is 0 Å². The van der Waals surface area contributed by atoms with Crippen molar-refractivity contribution in [1.82, 2.24) is 9.21 Å². The molecule has 4 bridgehead atoms. The average Bonchev–Trinajstić information content (AvgIpc) is 2.93. The molecule has 9 nitrogen and oxygen atoms in total. The van der Waals surface area contributed by atoms with E-state index in [9.17, 15) is 8.42 Å². The van der Waals surface area contributed by atoms with Crippen LogP contribution in [0.15, 0.2) is 24.3 Å². The minimum absolute atomic E-state index is 0.397. The van der Waals surface area contributed by atoms with Crippen molar-refractivity contribution >= 4 is 10.0 Å². The van der Waals surface area contributed by atoms with Gasteiger partial charge in [0, 0.05) is 57.4 Å². The van der Waals surface area contributed by atoms with Crippen molar-refractivity contribution in [2.45, 2.75) is 75.3 Å². The van der Waals surface area contributed by atoms with Crippen LogP contribution in [0.1, 0.15) is 69.3 Å². The first kappa shape index (κ1) is 26.6. The molecule has 2 aliphatic heterocycles. The van der Waals surface area contributed by atoms with E-state index in [2.05, 4.69) is 29.2 Å². The monoisotopic (exact) mass is 562 g/mol. The molecule has 7 fully saturated rings. The molecule has 2 spiro atoms. The molecule has 8 rings (SSSR count). The first-order valence-corrected chi connectivity index (χ1v) is 16.8. The zero-order valence-electron chi connectivity index (χ0n) is 23.0. The minimum atomic E-state index is -3.09. The van der Waals surface area contributed by atoms with Crippen molar-refractivity contribution in [3.05, 3.63) is 29.8 Å². The highest BCUT2D eigenvalue weighted by atomic mass is 32.2. The highest BCUT2D eigenvalue weighted by molar-refractivity contribution is 7.88. The van der Waals surface area contributed by atoms with Crippen molar-refractivity contribution in [2.24, 2.45) is 23.7 Å². The maximum absolute atomic E-state index is 11.7. The molecule has 0 atom stereocenters. The van der Waals surface area contributed by atoms with E-state index in [0.717, 1.165) is 62.9 Å². The van der Waals surface area contributed by atoms with Crippen LogP contribution in [0.4, 0.5) is 0 Å². The first-order valence-electron chi connectivity index (χ1n) is 14.9. The number of benzene rings is 1. The lowest BCUT2D eigenvalue weighted by atomic mass is 9.53. The predicted octanol–water partition coefficient (Wildman–Crippen LogP) is 4.06. The van der Waals surface area contributed by atoms with E-state index in [-0.39, 0.29) is 0 Å². The van der Waals surface area contributed by atoms with Gasteiger partial charge in [-0.25, -0.2) is 8.42 Å². The maximum atomic E-state index is 11.7. The summed E-state index contributed by atoms with van der Waals surface area (Å²) in [5.41, 5.74) is 1.31. The van der Waals surface area contributed by atoms with Gasteiger partial charge in [-0.05, 0) is 80.4 Å². The summed E-state index contributed by atoms with van der Waals surface area (Å²) >= 11 is 0. The van der Waals surface area contributed by atoms with Crippen molar-refractivity contribution < 1.29 is 32.7 Å². The molecule has 2 saturated heterocycles. The fourth-order valence-corrected chi connectivity index (χ4v) is 9.22. The number of hydrogen-bond acceptors (Lipinski definition) is 8. The Morgan fingerprint density at radius 2 is 1.44 bits per heavy atom. The quantitative estimate of drug-likeness (QED) is 0.480. The van der Waals surface area contributed by atoms with Crippen LogP contribution in [0.2, 0.25) is 0 Å². The molecule has 0 radical (unpaired) electrons. The molecule has 10 heteroatoms. The number of rotatable bonds is 6. The Hall–Kier alpha value is -1.27. The molecule has 1 aromatic carbocycles. The lowest BCUT2D eigenvalue weighted by Gasteiger charge is -2.60. The number of nitrogens with zero attached hydrogens (tertiary/aromatic N) is 2. The van der Waals surface area contributed by atoms with E-state index in [1.807, 2.05) is 0 Å². The number of piperazine rings is 1. The number of ether oxygens (including phenoxy) is 1. The molecule has 39 heavy (non-hydrogen) atoms. The smallest absolute Gasteiger partial charge is 0.239 e. The second-order valence-corrected chi connectivity index (χ2v) is 14.9. The molecule has 1 aromatic rings. The van der Waals surface area contributed by atoms with Gasteiger partial charge in [-0.2, -0.15) is 23.9 Å². The second kappa shape index (κ2) is 10.2. The van der Waals surface area contributed by atoms with Gasteiger partial charge in [-0.15, -0.1) is 0 Å². The molecule has 216 valence electrons. The van der Waals surface area contributed by atoms with Crippen LogP contribution in [0.3, 0.4) is 0 Å². The largest absolute Gasteiger partial charge is 0.492 e. The summed E-state index contributed by atoms with van der Waals surface area (Å²) in [5, 5.41) is 0. The maximum Gasteiger partial charge on any atom is 0.239 e. The summed E-state index contributed by atoms with van der Waals surface area (Å²) in [7, 11) is -3.09. The molecule has 7 aliphatic rings. The second-order valence-electron chi connectivity index (χ2n) is 13.0. The van der Waals surface area contributed by atoms with Crippen LogP contribution in [0, 0.1) is 23.7 Å². The van der Waals surface area contributed by atoms with E-state index in [0.29, 0.717) is 37.5 Å². The van der Waals surface area contributed by atoms with E-state index in [1.165, 1.54) is 43.9 Å². The molecule has 0 unspecified atom stereocenters. The third kappa shape index (κ3) is 5.15. The SMILES string of the molecule is CS(=O)(=O)N1CCN(CCOc2ccc(C3CCC4(CC3)OOC3(OO4)C4CC5CC(C4)CC3C5)cc2)CC1. The summed E-state index contributed by atoms with van der Waals surface area (Å²) in [4.78, 5) is 26.9. The Morgan fingerprint density at radius 1 is 0.846 bits per heavy atom. The van der Waals surface area contributed by atoms with Crippen LogP contribution in [0.5, 0.6) is 5.75 Å². The van der Waals surface area contributed by atoms with Gasteiger partial charge in [-0.3, -0.25) is 4.90 Å². The molecule has 2 heterocycles. The Kier molecular flexibility index (Phi) is 6.98. The molecular weight excluding hydrogens is 520 g/mol. The zero-order chi connectivity index (χ0) is 26.7. The van der Waals surface area contributed by atoms with E-state index in [4.69, 9.17) is 24.3 Å². The Morgan fingerprint density at radius 3 is 2.00 bits per heavy atom. The number of hydrogen-bond donors (Lipinski definition) is 0. The highest BCUT2D eigenvalue weighted by Gasteiger charge is 2.64. The van der Waals surface area contributed by atoms with Crippen molar-refractivity contribution in [1.29, 1.82) is 0 Å². The van der Waals surface area contributed by atoms with Crippen molar-refractivity contribution in [2.75, 3.05) is 45.6 Å². The topological polar surface area (TPSA) is 86.8 Å². The van der Waals surface area contributed by atoms with E-state index in [1.54, 1.807) is 4.31 Å². The standard InChI is InChI=1S/C29H42N2O7S/c1-39(32,33)31-12-10-30(11-13-31)14-15-34-27-4-2-23(3-5-27)24-6-8-28(9-7-24)35-37-29(38-36-28)25-17-21-16-22(19-25)20-26(29)18-21/h2-5,21-22,24-26H,6-20H2,1H3. The number of sulfonamides is 1. The molecule has 0 N–H and O–H groups in total. The van der Waals surface area contributed by atoms with Crippen LogP contribution in [0.25, 0.3) is 0 Å². The summed E-state index contributed by atoms with van der Waals surface area (Å²) in [6.45, 7) is 3.96. The lowest BCUT2D eigenvalue weighted by Crippen LogP contribution is -2.64. The van der Waals surface area contributed by atoms with Gasteiger partial charge in [0.2, 0.25) is 21.6 Å². The summed E-state index contributed by atoms with van der Waals surface area (Å²) in [5.74, 6) is 2.29. The third-order valence-corrected chi connectivity index (χ3v) is 11.8. The third-order valence-electron chi connectivity index (χ3n) is 10.5. The molecule has 5 aliphatic carbocycles. The van der Waals surface area contributed by atoms with Crippen LogP contribution < -0.4 is 4.74 Å². The Labute approximate surface area is 231 Å². The average molecular weight is 563 g/mol. The lowest BCUT2D eigenvalue weighted by molar-refractivity contribution is -0.680. The van der Waals surface area contributed by atoms with E-state index >= 15 is 0 Å². The zero-order valence-corrected chi connectivity index (χ0v) is 23.8. The van der Waals surface area contributed by atoms with Crippen molar-refractivity contribution in [3.8, 4) is 5.75 Å². The van der Waals surface area contributed by atoms with Gasteiger partial charge in [0.05, 0.1) is 6.26 Å². The van der Waals surface area contributed by atoms with E-state index < -0.39 is 21.6 Å². The van der Waals surface area contributed by atoms with Gasteiger partial charge >= 0.3 is 0 Å². The van der Waals surface area contributed by atoms with Crippen LogP contribution in [-0.2, 0) is 29.6 Å². The Balaban J connectivity index is 0.862. The van der Waals surface area contributed by atoms with Crippen LogP contribution in [-0.4, -0.2) is 74.8 Å². The fourth-order valence-electron chi connectivity index (χ4n) is 8.39. The molecular formula is C29H42N2O7S. The molecule has 0 amide bonds. The molecule has 0 aromatic heterocycles. The predicted molar refractivity (Wildman–Crippen MR) is 143 cm³/mol. The normalized spacial score (nSPS) is 40.9. The summed E-state index contributed by atoms with van der Waals surface area (Å²) in [6.07, 6.45) is 10.8. The van der Waals surface area contributed by atoms with Gasteiger partial charge < -0.3 is 4.74 Å². The Bertz CT molecular complexity index is 1090. The first-order chi connectivity index (χ1) is 18.8. The van der Waals surface area contributed by atoms with Gasteiger partial charge in [0.15, 0.2) is 0 Å². The van der Waals surface area contributed by atoms with Gasteiger partial charge in [-0.1, -0.05) is 12.1 Å². The summed E-state index contributed by atoms with van der Waals surface area (Å²) < 4.78 is 30.9. The van der Waals surface area contributed by atoms with Crippen molar-refractivity contribution in [3.63, 3.8) is 0 Å². The minimum Gasteiger partial charge on any atom is -0.492 e. The summed E-state index contributed by atoms with van der Waals surface area (Å²) in [6, 6.07) is 8.44. The fraction of sp³-hybridized carbons (Fsp3) is 0.793. The molecule has 5 saturated carbocycles. The van der Waals surface area contributed by atoms with Crippen LogP contribution >= 0.6 is 0 Å². The van der Waals surface area contributed by atoms with Gasteiger partial charge in [0.1, 0.15) is 12.4 Å². The highest BCUT2D eigenvalue weighted by Crippen LogP contribution is 2.62.